The second-order valence-electron chi connectivity index (χ2n) is 4.85. The Bertz CT molecular complexity index is 209. The number of rotatable bonds is 5. The van der Waals surface area contributed by atoms with Crippen molar-refractivity contribution in [1.82, 2.24) is 10.2 Å². The fraction of sp³-hybridized carbons (Fsp3) is 1.00. The maximum atomic E-state index is 11.2. The molecule has 0 aromatic rings. The number of nitrogens with one attached hydrogen (secondary N) is 1. The molecule has 1 aliphatic rings. The van der Waals surface area contributed by atoms with Crippen LogP contribution in [-0.2, 0) is 10.8 Å². The zero-order valence-electron chi connectivity index (χ0n) is 10.2. The van der Waals surface area contributed by atoms with Crippen LogP contribution in [0.2, 0.25) is 0 Å². The first-order chi connectivity index (χ1) is 7.03. The van der Waals surface area contributed by atoms with Crippen molar-refractivity contribution in [3.63, 3.8) is 0 Å². The predicted octanol–water partition coefficient (Wildman–Crippen LogP) is 0.829. The van der Waals surface area contributed by atoms with E-state index in [0.717, 1.165) is 44.1 Å². The lowest BCUT2D eigenvalue weighted by atomic mass is 10.0. The molecule has 1 N–H and O–H groups in total. The summed E-state index contributed by atoms with van der Waals surface area (Å²) in [5.41, 5.74) is 0.249. The minimum Gasteiger partial charge on any atom is -0.311 e. The number of nitrogens with zero attached hydrogens (tertiary/aromatic N) is 1. The van der Waals surface area contributed by atoms with Crippen molar-refractivity contribution < 1.29 is 4.21 Å². The van der Waals surface area contributed by atoms with Gasteiger partial charge in [-0.25, -0.2) is 0 Å². The van der Waals surface area contributed by atoms with Gasteiger partial charge < -0.3 is 10.2 Å². The molecule has 0 saturated carbocycles. The molecule has 3 nitrogen and oxygen atoms in total. The number of hydrogen-bond acceptors (Lipinski definition) is 3. The maximum absolute atomic E-state index is 11.2. The topological polar surface area (TPSA) is 32.3 Å². The largest absolute Gasteiger partial charge is 0.311 e. The first-order valence-electron chi connectivity index (χ1n) is 5.86. The van der Waals surface area contributed by atoms with E-state index < -0.39 is 10.8 Å². The summed E-state index contributed by atoms with van der Waals surface area (Å²) in [4.78, 5) is 2.40. The van der Waals surface area contributed by atoms with Crippen LogP contribution in [-0.4, -0.2) is 52.3 Å². The smallest absolute Gasteiger partial charge is 0.0363 e. The van der Waals surface area contributed by atoms with E-state index in [1.54, 1.807) is 0 Å². The average molecular weight is 232 g/mol. The highest BCUT2D eigenvalue weighted by atomic mass is 32.2. The molecular weight excluding hydrogens is 208 g/mol. The van der Waals surface area contributed by atoms with Crippen molar-refractivity contribution in [3.8, 4) is 0 Å². The molecule has 0 radical (unpaired) electrons. The summed E-state index contributed by atoms with van der Waals surface area (Å²) in [6, 6.07) is 0. The minimum atomic E-state index is -0.547. The van der Waals surface area contributed by atoms with Crippen LogP contribution in [0.15, 0.2) is 0 Å². The lowest BCUT2D eigenvalue weighted by Gasteiger charge is -2.29. The zero-order valence-corrected chi connectivity index (χ0v) is 11.0. The monoisotopic (exact) mass is 232 g/mol. The fourth-order valence-electron chi connectivity index (χ4n) is 1.58. The van der Waals surface area contributed by atoms with Crippen LogP contribution >= 0.6 is 0 Å². The molecule has 0 bridgehead atoms. The highest BCUT2D eigenvalue weighted by molar-refractivity contribution is 7.85. The van der Waals surface area contributed by atoms with Gasteiger partial charge in [-0.05, 0) is 20.3 Å². The Labute approximate surface area is 96.1 Å². The third kappa shape index (κ3) is 5.09. The molecule has 1 aliphatic heterocycles. The molecular formula is C11H24N2OS. The normalized spacial score (nSPS) is 20.7. The van der Waals surface area contributed by atoms with E-state index in [2.05, 4.69) is 31.0 Å². The summed E-state index contributed by atoms with van der Waals surface area (Å²) in [5.74, 6) is 1.72. The van der Waals surface area contributed by atoms with E-state index in [0.29, 0.717) is 0 Å². The first-order valence-corrected chi connectivity index (χ1v) is 7.34. The van der Waals surface area contributed by atoms with Gasteiger partial charge in [-0.1, -0.05) is 6.92 Å². The van der Waals surface area contributed by atoms with Gasteiger partial charge in [0.1, 0.15) is 0 Å². The molecule has 4 heteroatoms. The van der Waals surface area contributed by atoms with Crippen molar-refractivity contribution in [1.29, 1.82) is 0 Å². The maximum Gasteiger partial charge on any atom is 0.0363 e. The van der Waals surface area contributed by atoms with Crippen LogP contribution in [0.5, 0.6) is 0 Å². The summed E-state index contributed by atoms with van der Waals surface area (Å²) in [6.07, 6.45) is 1.15. The quantitative estimate of drug-likeness (QED) is 0.762. The third-order valence-electron chi connectivity index (χ3n) is 3.19. The highest BCUT2D eigenvalue weighted by Crippen LogP contribution is 2.06. The third-order valence-corrected chi connectivity index (χ3v) is 4.46. The van der Waals surface area contributed by atoms with E-state index in [1.165, 1.54) is 0 Å². The number of hydrogen-bond donors (Lipinski definition) is 1. The van der Waals surface area contributed by atoms with Crippen LogP contribution in [0.4, 0.5) is 0 Å². The van der Waals surface area contributed by atoms with Gasteiger partial charge >= 0.3 is 0 Å². The molecule has 1 heterocycles. The van der Waals surface area contributed by atoms with Gasteiger partial charge in [0.25, 0.3) is 0 Å². The summed E-state index contributed by atoms with van der Waals surface area (Å²) >= 11 is 0. The lowest BCUT2D eigenvalue weighted by Crippen LogP contribution is -2.46. The second-order valence-corrected chi connectivity index (χ2v) is 6.55. The van der Waals surface area contributed by atoms with Crippen molar-refractivity contribution in [2.75, 3.05) is 37.7 Å². The standard InChI is InChI=1S/C11H24N2OS/c1-4-11(2,3)12-5-6-13-7-9-15(14)10-8-13/h12H,4-10H2,1-3H3. The van der Waals surface area contributed by atoms with Crippen LogP contribution in [0.3, 0.4) is 0 Å². The van der Waals surface area contributed by atoms with Crippen LogP contribution < -0.4 is 5.32 Å². The molecule has 0 atom stereocenters. The van der Waals surface area contributed by atoms with Crippen molar-refractivity contribution in [2.45, 2.75) is 32.7 Å². The van der Waals surface area contributed by atoms with E-state index in [9.17, 15) is 4.21 Å². The predicted molar refractivity (Wildman–Crippen MR) is 66.7 cm³/mol. The molecule has 0 aromatic carbocycles. The Kier molecular flexibility index (Phi) is 5.23. The van der Waals surface area contributed by atoms with E-state index in [4.69, 9.17) is 0 Å². The molecule has 1 fully saturated rings. The Balaban J connectivity index is 2.13. The molecule has 1 rings (SSSR count). The molecule has 90 valence electrons. The van der Waals surface area contributed by atoms with Crippen LogP contribution in [0.25, 0.3) is 0 Å². The summed E-state index contributed by atoms with van der Waals surface area (Å²) in [5, 5.41) is 3.55. The van der Waals surface area contributed by atoms with Gasteiger partial charge in [0.05, 0.1) is 0 Å². The molecule has 0 unspecified atom stereocenters. The Hall–Kier alpha value is 0.0700. The molecule has 1 saturated heterocycles. The van der Waals surface area contributed by atoms with Crippen molar-refractivity contribution in [2.24, 2.45) is 0 Å². The minimum absolute atomic E-state index is 0.249. The Morgan fingerprint density at radius 3 is 2.47 bits per heavy atom. The Morgan fingerprint density at radius 1 is 1.33 bits per heavy atom. The second kappa shape index (κ2) is 5.97. The SMILES string of the molecule is CCC(C)(C)NCCN1CCS(=O)CC1. The van der Waals surface area contributed by atoms with Gasteiger partial charge in [-0.15, -0.1) is 0 Å². The summed E-state index contributed by atoms with van der Waals surface area (Å²) in [7, 11) is -0.547. The Morgan fingerprint density at radius 2 is 1.93 bits per heavy atom. The van der Waals surface area contributed by atoms with Gasteiger partial charge in [-0.2, -0.15) is 0 Å². The zero-order chi connectivity index (χ0) is 11.3. The van der Waals surface area contributed by atoms with Crippen molar-refractivity contribution in [3.05, 3.63) is 0 Å². The molecule has 0 aliphatic carbocycles. The van der Waals surface area contributed by atoms with E-state index in [-0.39, 0.29) is 5.54 Å². The average Bonchev–Trinajstić information content (AvgIpc) is 2.21. The lowest BCUT2D eigenvalue weighted by molar-refractivity contribution is 0.275. The van der Waals surface area contributed by atoms with Crippen molar-refractivity contribution >= 4 is 10.8 Å². The van der Waals surface area contributed by atoms with Crippen LogP contribution in [0.1, 0.15) is 27.2 Å². The first kappa shape index (κ1) is 13.1. The molecule has 15 heavy (non-hydrogen) atoms. The van der Waals surface area contributed by atoms with E-state index >= 15 is 0 Å². The highest BCUT2D eigenvalue weighted by Gasteiger charge is 2.17. The van der Waals surface area contributed by atoms with E-state index in [1.807, 2.05) is 0 Å². The molecule has 0 aromatic heterocycles. The summed E-state index contributed by atoms with van der Waals surface area (Å²) < 4.78 is 11.2. The van der Waals surface area contributed by atoms with Gasteiger partial charge in [-0.3, -0.25) is 4.21 Å². The molecule has 0 amide bonds. The fourth-order valence-corrected chi connectivity index (χ4v) is 2.70. The molecule has 0 spiro atoms. The van der Waals surface area contributed by atoms with Gasteiger partial charge in [0.15, 0.2) is 0 Å². The van der Waals surface area contributed by atoms with Gasteiger partial charge in [0.2, 0.25) is 0 Å². The summed E-state index contributed by atoms with van der Waals surface area (Å²) in [6.45, 7) is 10.8. The van der Waals surface area contributed by atoms with Crippen LogP contribution in [0, 0.1) is 0 Å². The van der Waals surface area contributed by atoms with Gasteiger partial charge in [0, 0.05) is 54.0 Å².